The molecule has 1 aromatic heterocycles. The fraction of sp³-hybridized carbons (Fsp3) is 0.722. The van der Waals surface area contributed by atoms with Crippen molar-refractivity contribution in [2.75, 3.05) is 51.4 Å². The molecule has 3 heterocycles. The van der Waals surface area contributed by atoms with Crippen molar-refractivity contribution < 1.29 is 14.6 Å². The molecule has 7 heteroatoms. The number of hydrogen-bond donors (Lipinski definition) is 1. The lowest BCUT2D eigenvalue weighted by molar-refractivity contribution is 0.0624. The summed E-state index contributed by atoms with van der Waals surface area (Å²) in [6.45, 7) is 3.95. The predicted molar refractivity (Wildman–Crippen MR) is 94.6 cm³/mol. The normalized spacial score (nSPS) is 23.9. The van der Waals surface area contributed by atoms with Crippen molar-refractivity contribution in [1.82, 2.24) is 14.9 Å². The molecule has 2 fully saturated rings. The highest BCUT2D eigenvalue weighted by Gasteiger charge is 2.35. The van der Waals surface area contributed by atoms with Gasteiger partial charge in [0.05, 0.1) is 19.0 Å². The molecule has 7 nitrogen and oxygen atoms in total. The second-order valence-electron chi connectivity index (χ2n) is 7.19. The van der Waals surface area contributed by atoms with Crippen LogP contribution >= 0.6 is 0 Å². The van der Waals surface area contributed by atoms with Crippen LogP contribution in [0.5, 0.6) is 0 Å². The van der Waals surface area contributed by atoms with Gasteiger partial charge in [-0.1, -0.05) is 0 Å². The zero-order valence-electron chi connectivity index (χ0n) is 15.0. The summed E-state index contributed by atoms with van der Waals surface area (Å²) >= 11 is 0. The van der Waals surface area contributed by atoms with Crippen LogP contribution in [0.15, 0.2) is 12.4 Å². The topological polar surface area (TPSA) is 78.8 Å². The first-order valence-electron chi connectivity index (χ1n) is 9.13. The highest BCUT2D eigenvalue weighted by molar-refractivity contribution is 5.92. The SMILES string of the molecule is COCC[C@]1(CO)CCCN(c2cncc(C(=O)N3CCCC3)n2)C1. The number of carbonyl (C=O) groups excluding carboxylic acids is 1. The van der Waals surface area contributed by atoms with Crippen molar-refractivity contribution in [3.63, 3.8) is 0 Å². The summed E-state index contributed by atoms with van der Waals surface area (Å²) in [5, 5.41) is 9.94. The van der Waals surface area contributed by atoms with Crippen LogP contribution in [0, 0.1) is 5.41 Å². The van der Waals surface area contributed by atoms with Crippen LogP contribution in [0.4, 0.5) is 5.82 Å². The lowest BCUT2D eigenvalue weighted by Crippen LogP contribution is -2.46. The Kier molecular flexibility index (Phi) is 5.86. The van der Waals surface area contributed by atoms with Crippen molar-refractivity contribution in [2.24, 2.45) is 5.41 Å². The standard InChI is InChI=1S/C18H28N4O3/c1-25-10-6-18(14-23)5-4-9-22(13-18)16-12-19-11-15(20-16)17(24)21-7-2-3-8-21/h11-12,23H,2-10,13-14H2,1H3/t18-/m1/s1. The lowest BCUT2D eigenvalue weighted by atomic mass is 9.78. The van der Waals surface area contributed by atoms with Gasteiger partial charge in [0.1, 0.15) is 11.5 Å². The molecular weight excluding hydrogens is 320 g/mol. The Bertz CT molecular complexity index is 591. The maximum atomic E-state index is 12.6. The molecule has 0 spiro atoms. The molecule has 0 bridgehead atoms. The molecule has 3 rings (SSSR count). The quantitative estimate of drug-likeness (QED) is 0.835. The van der Waals surface area contributed by atoms with E-state index >= 15 is 0 Å². The van der Waals surface area contributed by atoms with Crippen LogP contribution in [0.3, 0.4) is 0 Å². The molecule has 2 aliphatic heterocycles. The molecule has 0 aliphatic carbocycles. The highest BCUT2D eigenvalue weighted by Crippen LogP contribution is 2.34. The first kappa shape index (κ1) is 18.1. The summed E-state index contributed by atoms with van der Waals surface area (Å²) in [5.74, 6) is 0.691. The molecule has 25 heavy (non-hydrogen) atoms. The Morgan fingerprint density at radius 3 is 2.80 bits per heavy atom. The Morgan fingerprint density at radius 2 is 2.08 bits per heavy atom. The Labute approximate surface area is 149 Å². The first-order chi connectivity index (χ1) is 12.2. The van der Waals surface area contributed by atoms with Gasteiger partial charge in [-0.2, -0.15) is 0 Å². The van der Waals surface area contributed by atoms with Gasteiger partial charge in [-0.05, 0) is 32.1 Å². The molecule has 0 unspecified atom stereocenters. The van der Waals surface area contributed by atoms with Gasteiger partial charge >= 0.3 is 0 Å². The number of aliphatic hydroxyl groups excluding tert-OH is 1. The number of aliphatic hydroxyl groups is 1. The second-order valence-corrected chi connectivity index (χ2v) is 7.19. The molecule has 0 saturated carbocycles. The van der Waals surface area contributed by atoms with Gasteiger partial charge in [0.15, 0.2) is 0 Å². The zero-order valence-corrected chi connectivity index (χ0v) is 15.0. The summed E-state index contributed by atoms with van der Waals surface area (Å²) in [7, 11) is 1.69. The van der Waals surface area contributed by atoms with Crippen LogP contribution in [-0.4, -0.2) is 72.4 Å². The second kappa shape index (κ2) is 8.10. The third kappa shape index (κ3) is 4.10. The number of piperidine rings is 1. The number of hydrogen-bond acceptors (Lipinski definition) is 6. The molecule has 0 aromatic carbocycles. The number of rotatable bonds is 6. The maximum Gasteiger partial charge on any atom is 0.274 e. The van der Waals surface area contributed by atoms with E-state index in [9.17, 15) is 9.90 Å². The van der Waals surface area contributed by atoms with Crippen LogP contribution in [0.2, 0.25) is 0 Å². The first-order valence-corrected chi connectivity index (χ1v) is 9.13. The maximum absolute atomic E-state index is 12.6. The minimum atomic E-state index is -0.176. The van der Waals surface area contributed by atoms with Crippen molar-refractivity contribution in [3.8, 4) is 0 Å². The number of aromatic nitrogens is 2. The van der Waals surface area contributed by atoms with Crippen LogP contribution in [0.25, 0.3) is 0 Å². The summed E-state index contributed by atoms with van der Waals surface area (Å²) in [6, 6.07) is 0. The van der Waals surface area contributed by atoms with Crippen molar-refractivity contribution in [2.45, 2.75) is 32.1 Å². The van der Waals surface area contributed by atoms with Gasteiger partial charge in [0.2, 0.25) is 0 Å². The molecule has 2 saturated heterocycles. The average Bonchev–Trinajstić information content (AvgIpc) is 3.21. The van der Waals surface area contributed by atoms with E-state index in [0.29, 0.717) is 18.8 Å². The van der Waals surface area contributed by atoms with E-state index < -0.39 is 0 Å². The van der Waals surface area contributed by atoms with E-state index in [2.05, 4.69) is 14.9 Å². The molecule has 0 radical (unpaired) electrons. The number of carbonyl (C=O) groups is 1. The van der Waals surface area contributed by atoms with Crippen molar-refractivity contribution in [3.05, 3.63) is 18.1 Å². The van der Waals surface area contributed by atoms with Crippen LogP contribution in [-0.2, 0) is 4.74 Å². The van der Waals surface area contributed by atoms with E-state index in [0.717, 1.165) is 57.6 Å². The summed E-state index contributed by atoms with van der Waals surface area (Å²) < 4.78 is 5.21. The molecule has 138 valence electrons. The third-order valence-electron chi connectivity index (χ3n) is 5.39. The third-order valence-corrected chi connectivity index (χ3v) is 5.39. The van der Waals surface area contributed by atoms with Crippen LogP contribution < -0.4 is 4.90 Å². The van der Waals surface area contributed by atoms with Crippen LogP contribution in [0.1, 0.15) is 42.6 Å². The number of methoxy groups -OCH3 is 1. The number of nitrogens with zero attached hydrogens (tertiary/aromatic N) is 4. The van der Waals surface area contributed by atoms with Gasteiger partial charge in [0, 0.05) is 45.3 Å². The minimum absolute atomic E-state index is 0.0309. The zero-order chi connectivity index (χ0) is 17.7. The number of ether oxygens (including phenoxy) is 1. The molecular formula is C18H28N4O3. The Hall–Kier alpha value is -1.73. The highest BCUT2D eigenvalue weighted by atomic mass is 16.5. The number of likely N-dealkylation sites (tertiary alicyclic amines) is 1. The predicted octanol–water partition coefficient (Wildman–Crippen LogP) is 1.33. The number of amides is 1. The van der Waals surface area contributed by atoms with E-state index in [1.54, 1.807) is 19.5 Å². The van der Waals surface area contributed by atoms with Gasteiger partial charge in [0.25, 0.3) is 5.91 Å². The van der Waals surface area contributed by atoms with E-state index in [-0.39, 0.29) is 17.9 Å². The van der Waals surface area contributed by atoms with Crippen molar-refractivity contribution in [1.29, 1.82) is 0 Å². The average molecular weight is 348 g/mol. The molecule has 2 aliphatic rings. The minimum Gasteiger partial charge on any atom is -0.396 e. The molecule has 1 aromatic rings. The Balaban J connectivity index is 1.74. The van der Waals surface area contributed by atoms with E-state index in [1.807, 2.05) is 4.90 Å². The van der Waals surface area contributed by atoms with Gasteiger partial charge < -0.3 is 19.6 Å². The van der Waals surface area contributed by atoms with Gasteiger partial charge in [-0.3, -0.25) is 9.78 Å². The fourth-order valence-electron chi connectivity index (χ4n) is 3.83. The summed E-state index contributed by atoms with van der Waals surface area (Å²) in [5.41, 5.74) is 0.238. The van der Waals surface area contributed by atoms with E-state index in [4.69, 9.17) is 4.74 Å². The number of anilines is 1. The fourth-order valence-corrected chi connectivity index (χ4v) is 3.83. The monoisotopic (exact) mass is 348 g/mol. The Morgan fingerprint density at radius 1 is 1.28 bits per heavy atom. The van der Waals surface area contributed by atoms with Gasteiger partial charge in [-0.15, -0.1) is 0 Å². The molecule has 1 N–H and O–H groups in total. The van der Waals surface area contributed by atoms with Gasteiger partial charge in [-0.25, -0.2) is 4.98 Å². The lowest BCUT2D eigenvalue weighted by Gasteiger charge is -2.42. The molecule has 1 amide bonds. The summed E-state index contributed by atoms with van der Waals surface area (Å²) in [4.78, 5) is 25.4. The smallest absolute Gasteiger partial charge is 0.274 e. The van der Waals surface area contributed by atoms with E-state index in [1.165, 1.54) is 0 Å². The van der Waals surface area contributed by atoms with Crippen molar-refractivity contribution >= 4 is 11.7 Å². The molecule has 1 atom stereocenters. The summed E-state index contributed by atoms with van der Waals surface area (Å²) in [6.07, 6.45) is 8.16. The largest absolute Gasteiger partial charge is 0.396 e.